The van der Waals surface area contributed by atoms with Gasteiger partial charge in [0.05, 0.1) is 20.1 Å². The fraction of sp³-hybridized carbons (Fsp3) is 0.931. The van der Waals surface area contributed by atoms with Crippen LogP contribution in [0.25, 0.3) is 0 Å². The number of likely N-dealkylation sites (N-methyl/N-ethyl adjacent to an activating group) is 1. The van der Waals surface area contributed by atoms with Crippen LogP contribution in [0.15, 0.2) is 0 Å². The molecule has 7 nitrogen and oxygen atoms in total. The fourth-order valence-electron chi connectivity index (χ4n) is 5.64. The van der Waals surface area contributed by atoms with Crippen molar-refractivity contribution in [1.29, 1.82) is 0 Å². The lowest BCUT2D eigenvalue weighted by atomic mass is 9.84. The van der Waals surface area contributed by atoms with Crippen molar-refractivity contribution in [3.8, 4) is 0 Å². The fourth-order valence-corrected chi connectivity index (χ4v) is 5.64. The summed E-state index contributed by atoms with van der Waals surface area (Å²) in [6.45, 7) is 1.72. The van der Waals surface area contributed by atoms with Crippen LogP contribution in [-0.4, -0.2) is 70.6 Å². The number of carbonyl (C=O) groups is 2. The Labute approximate surface area is 220 Å². The van der Waals surface area contributed by atoms with Crippen LogP contribution in [0.3, 0.4) is 0 Å². The number of nitrogens with zero attached hydrogens (tertiary/aromatic N) is 1. The molecule has 0 saturated carbocycles. The summed E-state index contributed by atoms with van der Waals surface area (Å²) in [4.78, 5) is 23.7. The molecule has 0 saturated heterocycles. The van der Waals surface area contributed by atoms with Crippen molar-refractivity contribution in [3.05, 3.63) is 0 Å². The highest BCUT2D eigenvalue weighted by atomic mass is 16.4. The van der Waals surface area contributed by atoms with Crippen molar-refractivity contribution in [2.45, 2.75) is 147 Å². The van der Waals surface area contributed by atoms with Crippen LogP contribution in [0.5, 0.6) is 0 Å². The van der Waals surface area contributed by atoms with Gasteiger partial charge in [0.25, 0.3) is 0 Å². The average Bonchev–Trinajstić information content (AvgIpc) is 2.82. The molecule has 0 aromatic carbocycles. The van der Waals surface area contributed by atoms with E-state index in [4.69, 9.17) is 0 Å². The minimum Gasteiger partial charge on any atom is -0.544 e. The average molecular weight is 516 g/mol. The first-order valence-corrected chi connectivity index (χ1v) is 14.7. The number of carboxylic acids is 2. The van der Waals surface area contributed by atoms with E-state index in [1.807, 2.05) is 0 Å². The summed E-state index contributed by atoms with van der Waals surface area (Å²) < 4.78 is -0.124. The first kappa shape index (κ1) is 34.8. The first-order chi connectivity index (χ1) is 17.2. The molecular formula is C29H57NO6. The Bertz CT molecular complexity index is 568. The Kier molecular flexibility index (Phi) is 20.1. The van der Waals surface area contributed by atoms with Crippen molar-refractivity contribution in [2.24, 2.45) is 0 Å². The molecular weight excluding hydrogens is 458 g/mol. The van der Waals surface area contributed by atoms with Crippen LogP contribution in [0, 0.1) is 0 Å². The zero-order chi connectivity index (χ0) is 27.3. The minimum atomic E-state index is -1.74. The molecule has 0 radical (unpaired) electrons. The van der Waals surface area contributed by atoms with Crippen molar-refractivity contribution < 1.29 is 34.5 Å². The molecule has 3 N–H and O–H groups in total. The molecule has 0 bridgehead atoms. The number of carbonyl (C=O) groups excluding carboxylic acids is 1. The molecule has 7 heteroatoms. The van der Waals surface area contributed by atoms with Crippen molar-refractivity contribution >= 4 is 11.9 Å². The number of aliphatic hydroxyl groups excluding tert-OH is 2. The quantitative estimate of drug-likeness (QED) is 0.112. The van der Waals surface area contributed by atoms with Crippen LogP contribution in [0.2, 0.25) is 0 Å². The molecule has 0 aliphatic carbocycles. The third-order valence-electron chi connectivity index (χ3n) is 8.22. The highest BCUT2D eigenvalue weighted by Crippen LogP contribution is 2.34. The van der Waals surface area contributed by atoms with Gasteiger partial charge in [-0.25, -0.2) is 0 Å². The molecule has 36 heavy (non-hydrogen) atoms. The Morgan fingerprint density at radius 2 is 1.14 bits per heavy atom. The van der Waals surface area contributed by atoms with Gasteiger partial charge in [-0.2, -0.15) is 0 Å². The third kappa shape index (κ3) is 13.4. The van der Waals surface area contributed by atoms with E-state index in [0.717, 1.165) is 19.3 Å². The third-order valence-corrected chi connectivity index (χ3v) is 8.22. The van der Waals surface area contributed by atoms with Gasteiger partial charge >= 0.3 is 5.97 Å². The number of hydrogen-bond acceptors (Lipinski definition) is 5. The van der Waals surface area contributed by atoms with Gasteiger partial charge in [0, 0.05) is 26.1 Å². The summed E-state index contributed by atoms with van der Waals surface area (Å²) in [7, 11) is 3.39. The maximum absolute atomic E-state index is 12.2. The van der Waals surface area contributed by atoms with Crippen LogP contribution in [0.4, 0.5) is 0 Å². The molecule has 0 amide bonds. The summed E-state index contributed by atoms with van der Waals surface area (Å²) in [6, 6.07) is -0.231. The number of hydrogen-bond donors (Lipinski definition) is 3. The number of carboxylic acid groups (broad SMARTS) is 2. The molecule has 0 aliphatic heterocycles. The first-order valence-electron chi connectivity index (χ1n) is 14.7. The Balaban J connectivity index is 4.30. The highest BCUT2D eigenvalue weighted by Gasteiger charge is 2.51. The van der Waals surface area contributed by atoms with Crippen LogP contribution in [-0.2, 0) is 9.59 Å². The number of rotatable bonds is 26. The van der Waals surface area contributed by atoms with Crippen molar-refractivity contribution in [3.63, 3.8) is 0 Å². The standard InChI is InChI=1S/C29H57NO6/c1-4-5-6-7-8-9-10-11-12-13-14-15-16-17-18-19-20-26(21-23-31)30(2,3)29(22-24-32,28(35)36)25-27(33)34/h26,31-32H,4-25H2,1-3H3,(H-,33,34,35,36). The topological polar surface area (TPSA) is 118 Å². The Morgan fingerprint density at radius 1 is 0.722 bits per heavy atom. The second-order valence-corrected chi connectivity index (χ2v) is 11.2. The molecule has 0 fully saturated rings. The minimum absolute atomic E-state index is 0.0967. The molecule has 0 heterocycles. The molecule has 0 aromatic rings. The number of aliphatic hydroxyl groups is 2. The monoisotopic (exact) mass is 515 g/mol. The zero-order valence-electron chi connectivity index (χ0n) is 23.6. The summed E-state index contributed by atoms with van der Waals surface area (Å²) in [5.41, 5.74) is -1.74. The van der Waals surface area contributed by atoms with Gasteiger partial charge in [-0.05, 0) is 12.8 Å². The molecule has 214 valence electrons. The van der Waals surface area contributed by atoms with E-state index in [0.29, 0.717) is 12.8 Å². The lowest BCUT2D eigenvalue weighted by Crippen LogP contribution is -2.72. The van der Waals surface area contributed by atoms with Gasteiger partial charge in [-0.3, -0.25) is 4.79 Å². The zero-order valence-corrected chi connectivity index (χ0v) is 23.6. The predicted octanol–water partition coefficient (Wildman–Crippen LogP) is 4.81. The van der Waals surface area contributed by atoms with E-state index >= 15 is 0 Å². The van der Waals surface area contributed by atoms with E-state index in [9.17, 15) is 30.0 Å². The SMILES string of the molecule is CCCCCCCCCCCCCCCCCCC(CCO)[N+](C)(C)C(CCO)(CC(=O)O)C(=O)[O-]. The summed E-state index contributed by atoms with van der Waals surface area (Å²) in [5, 5.41) is 40.7. The molecule has 0 spiro atoms. The van der Waals surface area contributed by atoms with Gasteiger partial charge < -0.3 is 29.7 Å². The lowest BCUT2D eigenvalue weighted by Gasteiger charge is -2.53. The van der Waals surface area contributed by atoms with Crippen molar-refractivity contribution in [2.75, 3.05) is 27.3 Å². The van der Waals surface area contributed by atoms with E-state index in [1.165, 1.54) is 83.5 Å². The van der Waals surface area contributed by atoms with Crippen LogP contribution in [0.1, 0.15) is 135 Å². The molecule has 2 atom stereocenters. The summed E-state index contributed by atoms with van der Waals surface area (Å²) in [6.07, 6.45) is 20.7. The normalized spacial score (nSPS) is 14.5. The number of quaternary nitrogens is 1. The van der Waals surface area contributed by atoms with Crippen LogP contribution >= 0.6 is 0 Å². The Hall–Kier alpha value is -1.18. The summed E-state index contributed by atoms with van der Waals surface area (Å²) >= 11 is 0. The second-order valence-electron chi connectivity index (χ2n) is 11.2. The Morgan fingerprint density at radius 3 is 1.47 bits per heavy atom. The molecule has 0 rings (SSSR count). The van der Waals surface area contributed by atoms with Gasteiger partial charge in [-0.15, -0.1) is 0 Å². The van der Waals surface area contributed by atoms with Gasteiger partial charge in [-0.1, -0.05) is 103 Å². The van der Waals surface area contributed by atoms with Gasteiger partial charge in [0.15, 0.2) is 5.54 Å². The van der Waals surface area contributed by atoms with Crippen molar-refractivity contribution in [1.82, 2.24) is 0 Å². The van der Waals surface area contributed by atoms with Crippen LogP contribution < -0.4 is 5.11 Å². The predicted molar refractivity (Wildman–Crippen MR) is 143 cm³/mol. The number of unbranched alkanes of at least 4 members (excludes halogenated alkanes) is 15. The largest absolute Gasteiger partial charge is 0.544 e. The van der Waals surface area contributed by atoms with E-state index in [-0.39, 0.29) is 23.6 Å². The number of aliphatic carboxylic acids is 2. The summed E-state index contributed by atoms with van der Waals surface area (Å²) in [5.74, 6) is -2.69. The molecule has 0 aliphatic rings. The maximum Gasteiger partial charge on any atom is 0.310 e. The van der Waals surface area contributed by atoms with Gasteiger partial charge in [0.2, 0.25) is 0 Å². The van der Waals surface area contributed by atoms with E-state index in [1.54, 1.807) is 14.1 Å². The molecule has 2 unspecified atom stereocenters. The smallest absolute Gasteiger partial charge is 0.310 e. The van der Waals surface area contributed by atoms with E-state index in [2.05, 4.69) is 6.92 Å². The van der Waals surface area contributed by atoms with Gasteiger partial charge in [0.1, 0.15) is 12.4 Å². The highest BCUT2D eigenvalue weighted by molar-refractivity contribution is 5.82. The molecule has 0 aromatic heterocycles. The van der Waals surface area contributed by atoms with E-state index < -0.39 is 30.5 Å². The lowest BCUT2D eigenvalue weighted by molar-refractivity contribution is -0.957. The second kappa shape index (κ2) is 20.8. The maximum atomic E-state index is 12.2.